The van der Waals surface area contributed by atoms with Gasteiger partial charge in [-0.05, 0) is 25.0 Å². The fraction of sp³-hybridized carbons (Fsp3) is 0.455. The van der Waals surface area contributed by atoms with Gasteiger partial charge in [0, 0.05) is 25.2 Å². The number of amidine groups is 1. The second kappa shape index (κ2) is 5.22. The average molecular weight is 286 g/mol. The number of nitrogens with one attached hydrogen (secondary N) is 1. The van der Waals surface area contributed by atoms with Crippen molar-refractivity contribution in [1.29, 1.82) is 5.41 Å². The molecule has 0 aliphatic carbocycles. The van der Waals surface area contributed by atoms with Crippen LogP contribution in [0.1, 0.15) is 12.8 Å². The van der Waals surface area contributed by atoms with E-state index in [-0.39, 0.29) is 24.8 Å². The van der Waals surface area contributed by atoms with E-state index in [1.54, 1.807) is 0 Å². The van der Waals surface area contributed by atoms with Gasteiger partial charge in [-0.2, -0.15) is 4.31 Å². The van der Waals surface area contributed by atoms with Crippen LogP contribution in [0.25, 0.3) is 0 Å². The van der Waals surface area contributed by atoms with Crippen LogP contribution < -0.4 is 5.73 Å². The van der Waals surface area contributed by atoms with Crippen LogP contribution in [0.3, 0.4) is 0 Å². The van der Waals surface area contributed by atoms with Gasteiger partial charge in [0.2, 0.25) is 5.03 Å². The highest BCUT2D eigenvalue weighted by Crippen LogP contribution is 2.23. The number of aromatic nitrogens is 1. The summed E-state index contributed by atoms with van der Waals surface area (Å²) in [6.45, 7) is 0.450. The molecule has 2 rings (SSSR count). The highest BCUT2D eigenvalue weighted by Gasteiger charge is 2.32. The normalized spacial score (nSPS) is 18.4. The zero-order valence-corrected chi connectivity index (χ0v) is 11.0. The van der Waals surface area contributed by atoms with Gasteiger partial charge in [0.05, 0.1) is 5.84 Å². The quantitative estimate of drug-likeness (QED) is 0.626. The minimum absolute atomic E-state index is 0.0704. The van der Waals surface area contributed by atoms with E-state index in [0.29, 0.717) is 12.8 Å². The molecule has 104 valence electrons. The lowest BCUT2D eigenvalue weighted by Crippen LogP contribution is -2.42. The number of sulfonamides is 1. The number of pyridine rings is 1. The van der Waals surface area contributed by atoms with Gasteiger partial charge < -0.3 is 5.73 Å². The van der Waals surface area contributed by atoms with E-state index in [4.69, 9.17) is 11.1 Å². The fourth-order valence-electron chi connectivity index (χ4n) is 2.09. The molecule has 0 saturated carbocycles. The summed E-state index contributed by atoms with van der Waals surface area (Å²) in [4.78, 5) is 3.61. The maximum atomic E-state index is 13.5. The van der Waals surface area contributed by atoms with Crippen LogP contribution in [0.2, 0.25) is 0 Å². The summed E-state index contributed by atoms with van der Waals surface area (Å²) in [5.74, 6) is -0.878. The Bertz CT molecular complexity index is 582. The van der Waals surface area contributed by atoms with E-state index in [1.807, 2.05) is 0 Å². The van der Waals surface area contributed by atoms with Crippen molar-refractivity contribution >= 4 is 15.9 Å². The van der Waals surface area contributed by atoms with Crippen molar-refractivity contribution in [3.8, 4) is 0 Å². The Morgan fingerprint density at radius 1 is 1.47 bits per heavy atom. The van der Waals surface area contributed by atoms with E-state index in [9.17, 15) is 12.8 Å². The second-order valence-electron chi connectivity index (χ2n) is 4.42. The van der Waals surface area contributed by atoms with Crippen molar-refractivity contribution in [3.05, 3.63) is 24.1 Å². The maximum Gasteiger partial charge on any atom is 0.263 e. The molecular formula is C11H15FN4O2S. The molecule has 0 aromatic carbocycles. The van der Waals surface area contributed by atoms with E-state index in [1.165, 1.54) is 16.6 Å². The average Bonchev–Trinajstić information content (AvgIpc) is 2.39. The molecule has 0 radical (unpaired) electrons. The van der Waals surface area contributed by atoms with Gasteiger partial charge in [-0.3, -0.25) is 5.41 Å². The molecule has 1 aliphatic heterocycles. The number of nitrogens with two attached hydrogens (primary N) is 1. The van der Waals surface area contributed by atoms with Gasteiger partial charge in [0.1, 0.15) is 0 Å². The molecule has 6 nitrogen and oxygen atoms in total. The molecule has 1 fully saturated rings. The topological polar surface area (TPSA) is 100 Å². The Morgan fingerprint density at radius 3 is 2.63 bits per heavy atom. The summed E-state index contributed by atoms with van der Waals surface area (Å²) < 4.78 is 39.2. The van der Waals surface area contributed by atoms with Crippen LogP contribution in [0.4, 0.5) is 4.39 Å². The van der Waals surface area contributed by atoms with Crippen LogP contribution in [-0.2, 0) is 10.0 Å². The zero-order chi connectivity index (χ0) is 14.0. The number of nitrogens with zero attached hydrogens (tertiary/aromatic N) is 2. The molecule has 8 heteroatoms. The Morgan fingerprint density at radius 2 is 2.11 bits per heavy atom. The highest BCUT2D eigenvalue weighted by atomic mass is 32.2. The summed E-state index contributed by atoms with van der Waals surface area (Å²) in [7, 11) is -3.91. The third kappa shape index (κ3) is 2.74. The maximum absolute atomic E-state index is 13.5. The third-order valence-corrected chi connectivity index (χ3v) is 5.04. The first kappa shape index (κ1) is 13.9. The van der Waals surface area contributed by atoms with Crippen molar-refractivity contribution < 1.29 is 12.8 Å². The molecule has 19 heavy (non-hydrogen) atoms. The Hall–Kier alpha value is -1.54. The van der Waals surface area contributed by atoms with E-state index in [0.717, 1.165) is 6.07 Å². The van der Waals surface area contributed by atoms with E-state index in [2.05, 4.69) is 4.98 Å². The standard InChI is InChI=1S/C11H15FN4O2S/c12-9-2-1-5-15-11(9)19(17,18)16-6-3-8(4-7-16)10(13)14/h1-2,5,8H,3-4,6-7H2,(H3,13,14). The summed E-state index contributed by atoms with van der Waals surface area (Å²) in [5.41, 5.74) is 5.40. The lowest BCUT2D eigenvalue weighted by Gasteiger charge is -2.30. The third-order valence-electron chi connectivity index (χ3n) is 3.20. The number of hydrogen-bond donors (Lipinski definition) is 2. The van der Waals surface area contributed by atoms with Gasteiger partial charge in [-0.15, -0.1) is 0 Å². The predicted octanol–water partition coefficient (Wildman–Crippen LogP) is 0.557. The number of hydrogen-bond acceptors (Lipinski definition) is 4. The Balaban J connectivity index is 2.19. The summed E-state index contributed by atoms with van der Waals surface area (Å²) in [5, 5.41) is 6.80. The largest absolute Gasteiger partial charge is 0.387 e. The molecule has 3 N–H and O–H groups in total. The minimum atomic E-state index is -3.91. The first-order chi connectivity index (χ1) is 8.93. The minimum Gasteiger partial charge on any atom is -0.387 e. The van der Waals surface area contributed by atoms with Gasteiger partial charge in [-0.25, -0.2) is 17.8 Å². The van der Waals surface area contributed by atoms with Crippen molar-refractivity contribution in [1.82, 2.24) is 9.29 Å². The van der Waals surface area contributed by atoms with Gasteiger partial charge in [0.15, 0.2) is 5.82 Å². The summed E-state index contributed by atoms with van der Waals surface area (Å²) in [6.07, 6.45) is 2.20. The lowest BCUT2D eigenvalue weighted by atomic mass is 9.97. The van der Waals surface area contributed by atoms with Gasteiger partial charge >= 0.3 is 0 Å². The Labute approximate surface area is 111 Å². The van der Waals surface area contributed by atoms with Gasteiger partial charge in [-0.1, -0.05) is 0 Å². The van der Waals surface area contributed by atoms with Crippen LogP contribution in [-0.4, -0.2) is 36.6 Å². The molecule has 0 amide bonds. The highest BCUT2D eigenvalue weighted by molar-refractivity contribution is 7.89. The summed E-state index contributed by atoms with van der Waals surface area (Å²) in [6, 6.07) is 2.42. The van der Waals surface area contributed by atoms with E-state index >= 15 is 0 Å². The fourth-order valence-corrected chi connectivity index (χ4v) is 3.54. The SMILES string of the molecule is N=C(N)C1CCN(S(=O)(=O)c2ncccc2F)CC1. The number of halogens is 1. The zero-order valence-electron chi connectivity index (χ0n) is 10.2. The van der Waals surface area contributed by atoms with Crippen molar-refractivity contribution in [2.45, 2.75) is 17.9 Å². The predicted molar refractivity (Wildman–Crippen MR) is 67.6 cm³/mol. The first-order valence-corrected chi connectivity index (χ1v) is 7.31. The Kier molecular flexibility index (Phi) is 3.81. The smallest absolute Gasteiger partial charge is 0.263 e. The molecule has 0 atom stereocenters. The molecule has 2 heterocycles. The molecule has 1 saturated heterocycles. The van der Waals surface area contributed by atoms with Crippen LogP contribution >= 0.6 is 0 Å². The molecule has 0 spiro atoms. The van der Waals surface area contributed by atoms with E-state index < -0.39 is 20.9 Å². The molecule has 0 unspecified atom stereocenters. The molecule has 0 bridgehead atoms. The lowest BCUT2D eigenvalue weighted by molar-refractivity contribution is 0.312. The molecule has 1 aliphatic rings. The first-order valence-electron chi connectivity index (χ1n) is 5.87. The molecule has 1 aromatic heterocycles. The number of piperidine rings is 1. The summed E-state index contributed by atoms with van der Waals surface area (Å²) >= 11 is 0. The molecule has 1 aromatic rings. The molecular weight excluding hydrogens is 271 g/mol. The van der Waals surface area contributed by atoms with Crippen LogP contribution in [0, 0.1) is 17.1 Å². The second-order valence-corrected chi connectivity index (χ2v) is 6.28. The van der Waals surface area contributed by atoms with Crippen LogP contribution in [0.5, 0.6) is 0 Å². The van der Waals surface area contributed by atoms with Crippen molar-refractivity contribution in [3.63, 3.8) is 0 Å². The van der Waals surface area contributed by atoms with Crippen molar-refractivity contribution in [2.24, 2.45) is 11.7 Å². The van der Waals surface area contributed by atoms with Gasteiger partial charge in [0.25, 0.3) is 10.0 Å². The van der Waals surface area contributed by atoms with Crippen LogP contribution in [0.15, 0.2) is 23.4 Å². The van der Waals surface area contributed by atoms with Crippen molar-refractivity contribution in [2.75, 3.05) is 13.1 Å². The number of rotatable bonds is 3. The monoisotopic (exact) mass is 286 g/mol.